The van der Waals surface area contributed by atoms with Crippen LogP contribution in [0.15, 0.2) is 83.7 Å². The van der Waals surface area contributed by atoms with Gasteiger partial charge in [0.05, 0.1) is 5.54 Å². The highest BCUT2D eigenvalue weighted by atomic mass is 19.1. The Labute approximate surface area is 227 Å². The zero-order valence-electron chi connectivity index (χ0n) is 22.7. The summed E-state index contributed by atoms with van der Waals surface area (Å²) >= 11 is 0. The second-order valence-corrected chi connectivity index (χ2v) is 11.0. The van der Waals surface area contributed by atoms with Gasteiger partial charge in [-0.05, 0) is 91.4 Å². The number of hydrogen-bond acceptors (Lipinski definition) is 5. The van der Waals surface area contributed by atoms with Gasteiger partial charge in [-0.2, -0.15) is 0 Å². The molecule has 5 aromatic rings. The van der Waals surface area contributed by atoms with Gasteiger partial charge in [-0.25, -0.2) is 9.07 Å². The fourth-order valence-electron chi connectivity index (χ4n) is 4.93. The third-order valence-electron chi connectivity index (χ3n) is 6.89. The molecule has 8 heteroatoms. The zero-order valence-corrected chi connectivity index (χ0v) is 22.7. The van der Waals surface area contributed by atoms with Crippen molar-refractivity contribution in [3.63, 3.8) is 0 Å². The van der Waals surface area contributed by atoms with Crippen molar-refractivity contribution in [2.24, 2.45) is 0 Å². The molecule has 200 valence electrons. The Balaban J connectivity index is 1.68. The van der Waals surface area contributed by atoms with E-state index in [1.165, 1.54) is 17.7 Å². The molecule has 0 fully saturated rings. The van der Waals surface area contributed by atoms with Crippen molar-refractivity contribution in [2.45, 2.75) is 52.2 Å². The molecule has 0 aliphatic carbocycles. The van der Waals surface area contributed by atoms with E-state index in [4.69, 9.17) is 0 Å². The number of fused-ring (bicyclic) bond motifs is 1. The maximum absolute atomic E-state index is 13.8. The molecular formula is C31H33FN6O. The molecule has 1 N–H and O–H groups in total. The van der Waals surface area contributed by atoms with Gasteiger partial charge in [-0.15, -0.1) is 5.10 Å². The number of aryl methyl sites for hydroxylation is 1. The number of nitrogens with zero attached hydrogens (tertiary/aromatic N) is 5. The van der Waals surface area contributed by atoms with E-state index in [2.05, 4.69) is 43.6 Å². The Bertz CT molecular complexity index is 1620. The maximum Gasteiger partial charge on any atom is 0.253 e. The molecule has 0 aliphatic rings. The predicted molar refractivity (Wildman–Crippen MR) is 151 cm³/mol. The number of aromatic amines is 1. The van der Waals surface area contributed by atoms with Crippen LogP contribution in [0, 0.1) is 12.7 Å². The molecule has 0 saturated carbocycles. The summed E-state index contributed by atoms with van der Waals surface area (Å²) in [6, 6.07) is 24.1. The van der Waals surface area contributed by atoms with Crippen LogP contribution in [0.1, 0.15) is 54.9 Å². The van der Waals surface area contributed by atoms with Gasteiger partial charge in [0.2, 0.25) is 0 Å². The second kappa shape index (κ2) is 10.9. The Hall–Kier alpha value is -4.17. The van der Waals surface area contributed by atoms with Gasteiger partial charge in [-0.1, -0.05) is 54.1 Å². The number of benzene rings is 3. The number of halogens is 1. The van der Waals surface area contributed by atoms with E-state index in [9.17, 15) is 9.18 Å². The van der Waals surface area contributed by atoms with Crippen molar-refractivity contribution >= 4 is 10.9 Å². The molecule has 7 nitrogen and oxygen atoms in total. The Kier molecular flexibility index (Phi) is 7.39. The number of hydrogen-bond donors (Lipinski definition) is 1. The lowest BCUT2D eigenvalue weighted by atomic mass is 9.99. The maximum atomic E-state index is 13.8. The summed E-state index contributed by atoms with van der Waals surface area (Å²) in [5, 5.41) is 13.8. The van der Waals surface area contributed by atoms with Gasteiger partial charge >= 0.3 is 0 Å². The van der Waals surface area contributed by atoms with Gasteiger partial charge in [-0.3, -0.25) is 9.69 Å². The second-order valence-electron chi connectivity index (χ2n) is 11.0. The van der Waals surface area contributed by atoms with Gasteiger partial charge in [0, 0.05) is 24.2 Å². The third-order valence-corrected chi connectivity index (χ3v) is 6.89. The largest absolute Gasteiger partial charge is 0.322 e. The molecule has 5 rings (SSSR count). The van der Waals surface area contributed by atoms with Gasteiger partial charge in [0.15, 0.2) is 5.82 Å². The Morgan fingerprint density at radius 3 is 2.44 bits per heavy atom. The zero-order chi connectivity index (χ0) is 27.6. The smallest absolute Gasteiger partial charge is 0.253 e. The van der Waals surface area contributed by atoms with Crippen LogP contribution in [-0.2, 0) is 18.5 Å². The Morgan fingerprint density at radius 1 is 0.974 bits per heavy atom. The minimum atomic E-state index is -0.554. The first-order valence-corrected chi connectivity index (χ1v) is 13.1. The summed E-state index contributed by atoms with van der Waals surface area (Å²) in [5.74, 6) is 0.291. The molecular weight excluding hydrogens is 491 g/mol. The van der Waals surface area contributed by atoms with Crippen molar-refractivity contribution in [1.82, 2.24) is 30.1 Å². The van der Waals surface area contributed by atoms with E-state index >= 15 is 0 Å². The van der Waals surface area contributed by atoms with Gasteiger partial charge < -0.3 is 4.98 Å². The lowest BCUT2D eigenvalue weighted by Crippen LogP contribution is -2.38. The summed E-state index contributed by atoms with van der Waals surface area (Å²) in [6.45, 7) is 9.22. The molecule has 3 aromatic carbocycles. The lowest BCUT2D eigenvalue weighted by molar-refractivity contribution is 0.195. The number of H-pyrrole nitrogens is 1. The molecule has 1 unspecified atom stereocenters. The Morgan fingerprint density at radius 2 is 1.72 bits per heavy atom. The average molecular weight is 525 g/mol. The van der Waals surface area contributed by atoms with Crippen LogP contribution >= 0.6 is 0 Å². The van der Waals surface area contributed by atoms with Gasteiger partial charge in [0.1, 0.15) is 11.9 Å². The van der Waals surface area contributed by atoms with E-state index in [1.54, 1.807) is 16.8 Å². The topological polar surface area (TPSA) is 79.7 Å². The van der Waals surface area contributed by atoms with Crippen LogP contribution in [0.4, 0.5) is 4.39 Å². The van der Waals surface area contributed by atoms with E-state index in [0.29, 0.717) is 24.5 Å². The highest BCUT2D eigenvalue weighted by Gasteiger charge is 2.33. The quantitative estimate of drug-likeness (QED) is 0.288. The summed E-state index contributed by atoms with van der Waals surface area (Å²) in [4.78, 5) is 19.0. The van der Waals surface area contributed by atoms with E-state index in [-0.39, 0.29) is 11.4 Å². The van der Waals surface area contributed by atoms with Crippen LogP contribution in [0.3, 0.4) is 0 Å². The molecule has 0 radical (unpaired) electrons. The molecule has 0 spiro atoms. The summed E-state index contributed by atoms with van der Waals surface area (Å²) in [7, 11) is 0. The fraction of sp³-hybridized carbons (Fsp3) is 0.290. The van der Waals surface area contributed by atoms with E-state index in [1.807, 2.05) is 64.1 Å². The lowest BCUT2D eigenvalue weighted by Gasteiger charge is -2.33. The highest BCUT2D eigenvalue weighted by molar-refractivity contribution is 5.79. The molecule has 39 heavy (non-hydrogen) atoms. The minimum Gasteiger partial charge on any atom is -0.322 e. The van der Waals surface area contributed by atoms with E-state index < -0.39 is 11.6 Å². The number of tetrazole rings is 1. The summed E-state index contributed by atoms with van der Waals surface area (Å²) in [5.41, 5.74) is 3.93. The summed E-state index contributed by atoms with van der Waals surface area (Å²) < 4.78 is 15.6. The first-order valence-electron chi connectivity index (χ1n) is 13.1. The van der Waals surface area contributed by atoms with Crippen molar-refractivity contribution in [3.8, 4) is 0 Å². The summed E-state index contributed by atoms with van der Waals surface area (Å²) in [6.07, 6.45) is 0.750. The fourth-order valence-corrected chi connectivity index (χ4v) is 4.93. The first kappa shape index (κ1) is 26.4. The predicted octanol–water partition coefficient (Wildman–Crippen LogP) is 5.55. The monoisotopic (exact) mass is 524 g/mol. The molecule has 2 heterocycles. The molecule has 0 amide bonds. The van der Waals surface area contributed by atoms with Gasteiger partial charge in [0.25, 0.3) is 5.56 Å². The number of aromatic nitrogens is 5. The highest BCUT2D eigenvalue weighted by Crippen LogP contribution is 2.31. The van der Waals surface area contributed by atoms with Crippen molar-refractivity contribution in [1.29, 1.82) is 0 Å². The molecule has 0 aliphatic heterocycles. The first-order chi connectivity index (χ1) is 18.7. The van der Waals surface area contributed by atoms with Crippen LogP contribution in [0.2, 0.25) is 0 Å². The van der Waals surface area contributed by atoms with Crippen LogP contribution < -0.4 is 5.56 Å². The van der Waals surface area contributed by atoms with Crippen molar-refractivity contribution in [2.75, 3.05) is 6.54 Å². The molecule has 0 saturated heterocycles. The van der Waals surface area contributed by atoms with Crippen molar-refractivity contribution in [3.05, 3.63) is 123 Å². The molecule has 2 aromatic heterocycles. The van der Waals surface area contributed by atoms with Crippen LogP contribution in [0.5, 0.6) is 0 Å². The van der Waals surface area contributed by atoms with Crippen LogP contribution in [0.25, 0.3) is 10.9 Å². The number of rotatable bonds is 8. The molecule has 0 bridgehead atoms. The standard InChI is InChI=1S/C31H33FN6O/c1-21-10-15-27-24(18-21)19-26(30(39)33-27)28(29-34-35-36-38(29)31(2,3)4)37(17-16-22-8-6-5-7-9-22)20-23-11-13-25(32)14-12-23/h5-15,18-19,28H,16-17,20H2,1-4H3,(H,33,39). The SMILES string of the molecule is Cc1ccc2[nH]c(=O)c(C(c3nnnn3C(C)(C)C)N(CCc3ccccc3)Cc3ccc(F)cc3)cc2c1. The average Bonchev–Trinajstić information content (AvgIpc) is 3.40. The number of nitrogens with one attached hydrogen (secondary N) is 1. The minimum absolute atomic E-state index is 0.191. The van der Waals surface area contributed by atoms with Crippen LogP contribution in [-0.4, -0.2) is 36.6 Å². The van der Waals surface area contributed by atoms with Crippen molar-refractivity contribution < 1.29 is 4.39 Å². The normalized spacial score (nSPS) is 12.8. The molecule has 1 atom stereocenters. The third kappa shape index (κ3) is 5.96. The van der Waals surface area contributed by atoms with E-state index in [0.717, 1.165) is 28.5 Å². The number of pyridine rings is 1.